The molecule has 0 spiro atoms. The number of carbonyl (C=O) groups excluding carboxylic acids is 2. The van der Waals surface area contributed by atoms with Gasteiger partial charge in [0.15, 0.2) is 0 Å². The third-order valence-corrected chi connectivity index (χ3v) is 6.04. The Bertz CT molecular complexity index is 854. The first-order valence-electron chi connectivity index (χ1n) is 11.5. The summed E-state index contributed by atoms with van der Waals surface area (Å²) in [6.45, 7) is 6.78. The molecule has 2 aromatic rings. The lowest BCUT2D eigenvalue weighted by molar-refractivity contribution is -0.132. The largest absolute Gasteiger partial charge is 0.497 e. The first-order valence-corrected chi connectivity index (χ1v) is 11.5. The molecule has 0 aromatic heterocycles. The number of rotatable bonds is 9. The molecule has 0 radical (unpaired) electrons. The summed E-state index contributed by atoms with van der Waals surface area (Å²) in [5, 5.41) is 0. The van der Waals surface area contributed by atoms with Crippen LogP contribution in [0.3, 0.4) is 0 Å². The van der Waals surface area contributed by atoms with Crippen molar-refractivity contribution in [1.82, 2.24) is 14.7 Å². The lowest BCUT2D eigenvalue weighted by atomic mass is 10.1. The smallest absolute Gasteiger partial charge is 0.237 e. The van der Waals surface area contributed by atoms with Crippen LogP contribution >= 0.6 is 0 Å². The molecule has 2 aromatic carbocycles. The number of carbonyl (C=O) groups is 2. The number of amides is 2. The van der Waals surface area contributed by atoms with E-state index in [1.54, 1.807) is 7.11 Å². The molecule has 0 N–H and O–H groups in total. The average Bonchev–Trinajstić information content (AvgIpc) is 3.07. The van der Waals surface area contributed by atoms with Crippen LogP contribution in [0, 0.1) is 0 Å². The van der Waals surface area contributed by atoms with E-state index in [1.165, 1.54) is 0 Å². The highest BCUT2D eigenvalue weighted by Crippen LogP contribution is 2.14. The number of aryl methyl sites for hydroxylation is 1. The minimum atomic E-state index is 0.149. The number of ether oxygens (including phenoxy) is 1. The fourth-order valence-corrected chi connectivity index (χ4v) is 4.05. The predicted molar refractivity (Wildman–Crippen MR) is 126 cm³/mol. The van der Waals surface area contributed by atoms with Gasteiger partial charge < -0.3 is 14.5 Å². The molecule has 32 heavy (non-hydrogen) atoms. The predicted octanol–water partition coefficient (Wildman–Crippen LogP) is 3.21. The van der Waals surface area contributed by atoms with Gasteiger partial charge in [-0.1, -0.05) is 42.5 Å². The highest BCUT2D eigenvalue weighted by Gasteiger charge is 2.22. The number of hydrogen-bond acceptors (Lipinski definition) is 4. The van der Waals surface area contributed by atoms with Crippen LogP contribution in [0.4, 0.5) is 0 Å². The van der Waals surface area contributed by atoms with Crippen LogP contribution in [0.5, 0.6) is 5.75 Å². The molecule has 6 nitrogen and oxygen atoms in total. The van der Waals surface area contributed by atoms with E-state index < -0.39 is 0 Å². The summed E-state index contributed by atoms with van der Waals surface area (Å²) < 4.78 is 5.19. The molecule has 6 heteroatoms. The van der Waals surface area contributed by atoms with Crippen LogP contribution in [0.2, 0.25) is 0 Å². The molecule has 1 aliphatic heterocycles. The molecule has 1 heterocycles. The van der Waals surface area contributed by atoms with Gasteiger partial charge >= 0.3 is 0 Å². The van der Waals surface area contributed by atoms with Crippen LogP contribution in [0.25, 0.3) is 0 Å². The van der Waals surface area contributed by atoms with Crippen molar-refractivity contribution in [2.45, 2.75) is 32.7 Å². The molecular weight excluding hydrogens is 402 g/mol. The summed E-state index contributed by atoms with van der Waals surface area (Å²) in [5.41, 5.74) is 2.28. The van der Waals surface area contributed by atoms with Crippen LogP contribution in [-0.4, -0.2) is 72.9 Å². The van der Waals surface area contributed by atoms with E-state index in [-0.39, 0.29) is 11.8 Å². The maximum atomic E-state index is 12.9. The molecule has 172 valence electrons. The normalized spacial score (nSPS) is 14.6. The molecule has 1 saturated heterocycles. The van der Waals surface area contributed by atoms with Crippen molar-refractivity contribution >= 4 is 11.8 Å². The van der Waals surface area contributed by atoms with Crippen molar-refractivity contribution in [2.75, 3.05) is 46.4 Å². The molecule has 0 bridgehead atoms. The van der Waals surface area contributed by atoms with Crippen LogP contribution in [0.15, 0.2) is 54.6 Å². The molecule has 0 atom stereocenters. The second-order valence-corrected chi connectivity index (χ2v) is 8.25. The molecule has 0 saturated carbocycles. The van der Waals surface area contributed by atoms with Gasteiger partial charge in [0.1, 0.15) is 5.75 Å². The molecule has 1 aliphatic rings. The maximum Gasteiger partial charge on any atom is 0.237 e. The van der Waals surface area contributed by atoms with Crippen molar-refractivity contribution < 1.29 is 14.3 Å². The Morgan fingerprint density at radius 2 is 1.69 bits per heavy atom. The second kappa shape index (κ2) is 12.2. The third-order valence-electron chi connectivity index (χ3n) is 6.04. The summed E-state index contributed by atoms with van der Waals surface area (Å²) in [6, 6.07) is 18.0. The van der Waals surface area contributed by atoms with E-state index in [2.05, 4.69) is 17.0 Å². The first kappa shape index (κ1) is 23.8. The van der Waals surface area contributed by atoms with Crippen LogP contribution in [-0.2, 0) is 22.6 Å². The highest BCUT2D eigenvalue weighted by atomic mass is 16.5. The minimum Gasteiger partial charge on any atom is -0.497 e. The lowest BCUT2D eigenvalue weighted by Gasteiger charge is -2.26. The molecule has 0 unspecified atom stereocenters. The minimum absolute atomic E-state index is 0.149. The Kier molecular flexibility index (Phi) is 9.11. The van der Waals surface area contributed by atoms with Gasteiger partial charge in [-0.25, -0.2) is 0 Å². The Morgan fingerprint density at radius 1 is 0.938 bits per heavy atom. The van der Waals surface area contributed by atoms with E-state index in [4.69, 9.17) is 4.74 Å². The zero-order chi connectivity index (χ0) is 22.8. The SMILES string of the molecule is CCN(Cc1ccccc1)C(=O)CN1CCCN(C(=O)CCc2ccc(OC)cc2)CC1. The van der Waals surface area contributed by atoms with E-state index in [9.17, 15) is 9.59 Å². The van der Waals surface area contributed by atoms with Gasteiger partial charge in [0.05, 0.1) is 13.7 Å². The first-order chi connectivity index (χ1) is 15.6. The van der Waals surface area contributed by atoms with Gasteiger partial charge in [0, 0.05) is 45.7 Å². The van der Waals surface area contributed by atoms with Gasteiger partial charge in [-0.2, -0.15) is 0 Å². The zero-order valence-corrected chi connectivity index (χ0v) is 19.3. The van der Waals surface area contributed by atoms with Crippen molar-refractivity contribution in [3.63, 3.8) is 0 Å². The summed E-state index contributed by atoms with van der Waals surface area (Å²) in [6.07, 6.45) is 2.13. The van der Waals surface area contributed by atoms with E-state index in [0.717, 1.165) is 49.4 Å². The van der Waals surface area contributed by atoms with Crippen LogP contribution < -0.4 is 4.74 Å². The summed E-state index contributed by atoms with van der Waals surface area (Å²) in [7, 11) is 1.65. The van der Waals surface area contributed by atoms with Crippen molar-refractivity contribution in [1.29, 1.82) is 0 Å². The van der Waals surface area contributed by atoms with Gasteiger partial charge in [-0.3, -0.25) is 14.5 Å². The highest BCUT2D eigenvalue weighted by molar-refractivity contribution is 5.78. The summed E-state index contributed by atoms with van der Waals surface area (Å²) in [5.74, 6) is 1.16. The number of likely N-dealkylation sites (N-methyl/N-ethyl adjacent to an activating group) is 1. The standard InChI is InChI=1S/C26H35N3O3/c1-3-28(20-23-8-5-4-6-9-23)26(31)21-27-16-7-17-29(19-18-27)25(30)15-12-22-10-13-24(32-2)14-11-22/h4-6,8-11,13-14H,3,7,12,15-21H2,1-2H3. The molecular formula is C26H35N3O3. The maximum absolute atomic E-state index is 12.9. The fourth-order valence-electron chi connectivity index (χ4n) is 4.05. The molecule has 0 aliphatic carbocycles. The Morgan fingerprint density at radius 3 is 2.38 bits per heavy atom. The van der Waals surface area contributed by atoms with Crippen molar-refractivity contribution in [3.8, 4) is 5.75 Å². The van der Waals surface area contributed by atoms with Gasteiger partial charge in [-0.05, 0) is 43.0 Å². The molecule has 3 rings (SSSR count). The van der Waals surface area contributed by atoms with E-state index in [1.807, 2.05) is 59.2 Å². The molecule has 1 fully saturated rings. The summed E-state index contributed by atoms with van der Waals surface area (Å²) >= 11 is 0. The Balaban J connectivity index is 1.45. The van der Waals surface area contributed by atoms with Gasteiger partial charge in [0.25, 0.3) is 0 Å². The topological polar surface area (TPSA) is 53.1 Å². The molecule has 2 amide bonds. The number of methoxy groups -OCH3 is 1. The zero-order valence-electron chi connectivity index (χ0n) is 19.3. The van der Waals surface area contributed by atoms with Gasteiger partial charge in [0.2, 0.25) is 11.8 Å². The van der Waals surface area contributed by atoms with E-state index in [0.29, 0.717) is 32.6 Å². The van der Waals surface area contributed by atoms with Crippen molar-refractivity contribution in [2.24, 2.45) is 0 Å². The second-order valence-electron chi connectivity index (χ2n) is 8.25. The quantitative estimate of drug-likeness (QED) is 0.605. The lowest BCUT2D eigenvalue weighted by Crippen LogP contribution is -2.41. The Hall–Kier alpha value is -2.86. The third kappa shape index (κ3) is 7.09. The number of nitrogens with zero attached hydrogens (tertiary/aromatic N) is 3. The fraction of sp³-hybridized carbons (Fsp3) is 0.462. The van der Waals surface area contributed by atoms with Crippen LogP contribution in [0.1, 0.15) is 30.9 Å². The van der Waals surface area contributed by atoms with Gasteiger partial charge in [-0.15, -0.1) is 0 Å². The number of hydrogen-bond donors (Lipinski definition) is 0. The monoisotopic (exact) mass is 437 g/mol. The summed E-state index contributed by atoms with van der Waals surface area (Å²) in [4.78, 5) is 31.7. The number of benzene rings is 2. The average molecular weight is 438 g/mol. The Labute approximate surface area is 191 Å². The van der Waals surface area contributed by atoms with E-state index >= 15 is 0 Å². The van der Waals surface area contributed by atoms with Crippen molar-refractivity contribution in [3.05, 3.63) is 65.7 Å².